The first-order valence-corrected chi connectivity index (χ1v) is 10.8. The third kappa shape index (κ3) is 5.76. The number of ether oxygens (including phenoxy) is 3. The summed E-state index contributed by atoms with van der Waals surface area (Å²) in [6, 6.07) is 3.95. The number of hydrogen-bond donors (Lipinski definition) is 0. The Morgan fingerprint density at radius 2 is 1.52 bits per heavy atom. The lowest BCUT2D eigenvalue weighted by Crippen LogP contribution is -2.41. The Kier molecular flexibility index (Phi) is 7.46. The van der Waals surface area contributed by atoms with Gasteiger partial charge in [-0.1, -0.05) is 6.58 Å². The van der Waals surface area contributed by atoms with Crippen molar-refractivity contribution in [3.63, 3.8) is 0 Å². The van der Waals surface area contributed by atoms with Crippen molar-refractivity contribution in [3.8, 4) is 11.5 Å². The molecule has 7 heteroatoms. The van der Waals surface area contributed by atoms with Gasteiger partial charge in [-0.15, -0.1) is 0 Å². The van der Waals surface area contributed by atoms with E-state index in [-0.39, 0.29) is 11.6 Å². The maximum atomic E-state index is 6.22. The van der Waals surface area contributed by atoms with Crippen LogP contribution in [0.1, 0.15) is 67.0 Å². The van der Waals surface area contributed by atoms with Crippen LogP contribution in [0, 0.1) is 0 Å². The predicted octanol–water partition coefficient (Wildman–Crippen LogP) is 4.32. The summed E-state index contributed by atoms with van der Waals surface area (Å²) in [4.78, 5) is 2.16. The standard InChI is InChI=1S/C24H40BNO5/c1-16(29-22(3,4)5)15-26(10)17(2)21-19(27-11)13-18(14-20(21)28-12)25-30-23(6,7)24(8,9)31-25/h13-14,17H,1,15H2,2-12H3. The predicted molar refractivity (Wildman–Crippen MR) is 126 cm³/mol. The lowest BCUT2D eigenvalue weighted by Gasteiger charge is -2.32. The van der Waals surface area contributed by atoms with Crippen molar-refractivity contribution < 1.29 is 23.5 Å². The highest BCUT2D eigenvalue weighted by Gasteiger charge is 2.52. The number of nitrogens with zero attached hydrogens (tertiary/aromatic N) is 1. The molecule has 1 aromatic carbocycles. The van der Waals surface area contributed by atoms with E-state index in [0.29, 0.717) is 12.3 Å². The van der Waals surface area contributed by atoms with Crippen LogP contribution in [-0.4, -0.2) is 56.6 Å². The minimum absolute atomic E-state index is 0.00225. The van der Waals surface area contributed by atoms with Crippen LogP contribution in [0.4, 0.5) is 0 Å². The molecule has 0 amide bonds. The minimum atomic E-state index is -0.491. The maximum Gasteiger partial charge on any atom is 0.495 e. The molecular weight excluding hydrogens is 393 g/mol. The van der Waals surface area contributed by atoms with E-state index in [1.54, 1.807) is 14.2 Å². The summed E-state index contributed by atoms with van der Waals surface area (Å²) in [7, 11) is 4.87. The number of methoxy groups -OCH3 is 2. The Balaban J connectivity index is 2.33. The SMILES string of the molecule is C=C(CN(C)C(C)c1c(OC)cc(B2OC(C)(C)C(C)(C)O2)cc1OC)OC(C)(C)C. The van der Waals surface area contributed by atoms with E-state index in [1.165, 1.54) is 0 Å². The van der Waals surface area contributed by atoms with Crippen LogP contribution in [-0.2, 0) is 14.0 Å². The molecule has 0 aromatic heterocycles. The molecule has 174 valence electrons. The summed E-state index contributed by atoms with van der Waals surface area (Å²) in [5.74, 6) is 2.17. The van der Waals surface area contributed by atoms with Crippen molar-refractivity contribution >= 4 is 12.6 Å². The number of rotatable bonds is 8. The van der Waals surface area contributed by atoms with Crippen LogP contribution in [0.2, 0.25) is 0 Å². The monoisotopic (exact) mass is 433 g/mol. The molecule has 0 bridgehead atoms. The van der Waals surface area contributed by atoms with Gasteiger partial charge < -0.3 is 23.5 Å². The highest BCUT2D eigenvalue weighted by molar-refractivity contribution is 6.62. The van der Waals surface area contributed by atoms with E-state index >= 15 is 0 Å². The van der Waals surface area contributed by atoms with E-state index in [4.69, 9.17) is 23.5 Å². The lowest BCUT2D eigenvalue weighted by atomic mass is 9.78. The van der Waals surface area contributed by atoms with Gasteiger partial charge in [-0.25, -0.2) is 0 Å². The zero-order chi connectivity index (χ0) is 23.8. The van der Waals surface area contributed by atoms with E-state index in [0.717, 1.165) is 22.5 Å². The van der Waals surface area contributed by atoms with Gasteiger partial charge in [-0.3, -0.25) is 4.90 Å². The molecule has 1 heterocycles. The van der Waals surface area contributed by atoms with Crippen molar-refractivity contribution in [3.05, 3.63) is 30.0 Å². The van der Waals surface area contributed by atoms with E-state index in [2.05, 4.69) is 18.4 Å². The van der Waals surface area contributed by atoms with Crippen LogP contribution in [0.3, 0.4) is 0 Å². The molecule has 1 atom stereocenters. The molecule has 0 N–H and O–H groups in total. The molecule has 0 radical (unpaired) electrons. The fourth-order valence-electron chi connectivity index (χ4n) is 3.59. The first kappa shape index (κ1) is 25.6. The second kappa shape index (κ2) is 9.04. The fraction of sp³-hybridized carbons (Fsp3) is 0.667. The summed E-state index contributed by atoms with van der Waals surface area (Å²) in [6.07, 6.45) is 0. The van der Waals surface area contributed by atoms with Crippen LogP contribution in [0.15, 0.2) is 24.5 Å². The smallest absolute Gasteiger partial charge is 0.495 e. The van der Waals surface area contributed by atoms with Crippen LogP contribution in [0.5, 0.6) is 11.5 Å². The van der Waals surface area contributed by atoms with Crippen molar-refractivity contribution in [2.75, 3.05) is 27.8 Å². The molecule has 1 fully saturated rings. The Hall–Kier alpha value is -1.70. The average Bonchev–Trinajstić information content (AvgIpc) is 2.85. The normalized spacial score (nSPS) is 18.8. The van der Waals surface area contributed by atoms with Gasteiger partial charge in [0.25, 0.3) is 0 Å². The zero-order valence-electron chi connectivity index (χ0n) is 21.2. The zero-order valence-corrected chi connectivity index (χ0v) is 21.2. The van der Waals surface area contributed by atoms with E-state index in [9.17, 15) is 0 Å². The molecule has 0 spiro atoms. The second-order valence-electron chi connectivity index (χ2n) is 10.3. The molecule has 1 saturated heterocycles. The van der Waals surface area contributed by atoms with Gasteiger partial charge in [0.05, 0.1) is 37.5 Å². The van der Waals surface area contributed by atoms with Gasteiger partial charge in [0.1, 0.15) is 22.9 Å². The Bertz CT molecular complexity index is 759. The molecule has 1 aliphatic heterocycles. The molecule has 31 heavy (non-hydrogen) atoms. The highest BCUT2D eigenvalue weighted by Crippen LogP contribution is 2.39. The van der Waals surface area contributed by atoms with Gasteiger partial charge >= 0.3 is 7.12 Å². The molecule has 1 unspecified atom stereocenters. The number of likely N-dealkylation sites (N-methyl/N-ethyl adjacent to an activating group) is 1. The van der Waals surface area contributed by atoms with Crippen molar-refractivity contribution in [1.29, 1.82) is 0 Å². The first-order valence-electron chi connectivity index (χ1n) is 10.8. The van der Waals surface area contributed by atoms with Crippen LogP contribution in [0.25, 0.3) is 0 Å². The second-order valence-corrected chi connectivity index (χ2v) is 10.3. The Morgan fingerprint density at radius 3 is 1.90 bits per heavy atom. The minimum Gasteiger partial charge on any atom is -0.496 e. The van der Waals surface area contributed by atoms with Crippen molar-refractivity contribution in [2.24, 2.45) is 0 Å². The van der Waals surface area contributed by atoms with Gasteiger partial charge in [0, 0.05) is 6.04 Å². The summed E-state index contributed by atoms with van der Waals surface area (Å²) >= 11 is 0. The molecule has 6 nitrogen and oxygen atoms in total. The van der Waals surface area contributed by atoms with Gasteiger partial charge in [0.2, 0.25) is 0 Å². The van der Waals surface area contributed by atoms with Crippen molar-refractivity contribution in [1.82, 2.24) is 4.90 Å². The van der Waals surface area contributed by atoms with Gasteiger partial charge in [-0.05, 0) is 80.0 Å². The molecule has 1 aliphatic rings. The van der Waals surface area contributed by atoms with Gasteiger partial charge in [0.15, 0.2) is 0 Å². The quantitative estimate of drug-likeness (QED) is 0.450. The third-order valence-corrected chi connectivity index (χ3v) is 6.05. The van der Waals surface area contributed by atoms with E-state index < -0.39 is 18.3 Å². The number of hydrogen-bond acceptors (Lipinski definition) is 6. The van der Waals surface area contributed by atoms with Gasteiger partial charge in [-0.2, -0.15) is 0 Å². The first-order chi connectivity index (χ1) is 14.1. The molecular formula is C24H40BNO5. The summed E-state index contributed by atoms with van der Waals surface area (Å²) in [6.45, 7) is 21.0. The molecule has 2 rings (SSSR count). The molecule has 0 aliphatic carbocycles. The highest BCUT2D eigenvalue weighted by atomic mass is 16.7. The summed E-state index contributed by atoms with van der Waals surface area (Å²) in [5, 5.41) is 0. The topological polar surface area (TPSA) is 49.4 Å². The lowest BCUT2D eigenvalue weighted by molar-refractivity contribution is 0.00578. The molecule has 0 saturated carbocycles. The fourth-order valence-corrected chi connectivity index (χ4v) is 3.59. The Labute approximate surface area is 189 Å². The average molecular weight is 433 g/mol. The van der Waals surface area contributed by atoms with Crippen LogP contribution >= 0.6 is 0 Å². The summed E-state index contributed by atoms with van der Waals surface area (Å²) in [5.41, 5.74) is 0.707. The third-order valence-electron chi connectivity index (χ3n) is 6.05. The van der Waals surface area contributed by atoms with Crippen LogP contribution < -0.4 is 14.9 Å². The van der Waals surface area contributed by atoms with Crippen molar-refractivity contribution in [2.45, 2.75) is 78.2 Å². The molecule has 1 aromatic rings. The van der Waals surface area contributed by atoms with E-state index in [1.807, 2.05) is 67.6 Å². The number of benzene rings is 1. The largest absolute Gasteiger partial charge is 0.496 e. The Morgan fingerprint density at radius 1 is 1.06 bits per heavy atom. The summed E-state index contributed by atoms with van der Waals surface area (Å²) < 4.78 is 29.9. The maximum absolute atomic E-state index is 6.22.